The molecular formula is C27H34N6O2. The minimum atomic E-state index is -0.0198. The van der Waals surface area contributed by atoms with Crippen molar-refractivity contribution in [1.82, 2.24) is 19.7 Å². The van der Waals surface area contributed by atoms with E-state index in [0.29, 0.717) is 19.1 Å². The van der Waals surface area contributed by atoms with Gasteiger partial charge in [-0.15, -0.1) is 0 Å². The van der Waals surface area contributed by atoms with Crippen molar-refractivity contribution in [3.05, 3.63) is 48.2 Å². The predicted octanol–water partition coefficient (Wildman–Crippen LogP) is 4.56. The summed E-state index contributed by atoms with van der Waals surface area (Å²) in [6.45, 7) is 8.95. The Morgan fingerprint density at radius 2 is 1.94 bits per heavy atom. The van der Waals surface area contributed by atoms with Crippen LogP contribution in [0.15, 0.2) is 42.6 Å². The summed E-state index contributed by atoms with van der Waals surface area (Å²) >= 11 is 0. The molecule has 0 spiro atoms. The maximum absolute atomic E-state index is 12.9. The van der Waals surface area contributed by atoms with Gasteiger partial charge >= 0.3 is 6.03 Å². The van der Waals surface area contributed by atoms with Crippen LogP contribution in [0.4, 0.5) is 16.3 Å². The summed E-state index contributed by atoms with van der Waals surface area (Å²) < 4.78 is 7.35. The van der Waals surface area contributed by atoms with E-state index in [1.54, 1.807) is 4.68 Å². The van der Waals surface area contributed by atoms with Crippen molar-refractivity contribution in [1.29, 1.82) is 0 Å². The first kappa shape index (κ1) is 23.4. The molecule has 0 aliphatic carbocycles. The van der Waals surface area contributed by atoms with Crippen molar-refractivity contribution < 1.29 is 9.53 Å². The third-order valence-corrected chi connectivity index (χ3v) is 7.07. The number of urea groups is 1. The second-order valence-corrected chi connectivity index (χ2v) is 9.54. The van der Waals surface area contributed by atoms with Crippen LogP contribution in [0.2, 0.25) is 0 Å². The Hall–Kier alpha value is -3.39. The van der Waals surface area contributed by atoms with Gasteiger partial charge in [-0.25, -0.2) is 9.78 Å². The summed E-state index contributed by atoms with van der Waals surface area (Å²) in [6, 6.07) is 12.3. The number of rotatable bonds is 5. The fraction of sp³-hybridized carbons (Fsp3) is 0.444. The highest BCUT2D eigenvalue weighted by Gasteiger charge is 2.25. The lowest BCUT2D eigenvalue weighted by Crippen LogP contribution is -2.36. The Bertz CT molecular complexity index is 1200. The second kappa shape index (κ2) is 10.1. The Balaban J connectivity index is 1.47. The number of aromatic nitrogens is 3. The number of carbonyl (C=O) groups excluding carboxylic acids is 1. The minimum Gasteiger partial charge on any atom is -0.378 e. The smallest absolute Gasteiger partial charge is 0.321 e. The molecule has 2 amide bonds. The monoisotopic (exact) mass is 474 g/mol. The van der Waals surface area contributed by atoms with Crippen molar-refractivity contribution in [2.45, 2.75) is 26.7 Å². The predicted molar refractivity (Wildman–Crippen MR) is 139 cm³/mol. The van der Waals surface area contributed by atoms with Gasteiger partial charge in [0.05, 0.1) is 18.9 Å². The number of nitrogens with zero attached hydrogens (tertiary/aromatic N) is 5. The molecular weight excluding hydrogens is 440 g/mol. The average Bonchev–Trinajstić information content (AvgIpc) is 3.55. The summed E-state index contributed by atoms with van der Waals surface area (Å²) in [4.78, 5) is 22.0. The fourth-order valence-corrected chi connectivity index (χ4v) is 4.87. The third kappa shape index (κ3) is 5.17. The number of ether oxygens (including phenoxy) is 1. The largest absolute Gasteiger partial charge is 0.378 e. The highest BCUT2D eigenvalue weighted by Crippen LogP contribution is 2.33. The molecule has 184 valence electrons. The van der Waals surface area contributed by atoms with Crippen molar-refractivity contribution in [3.8, 4) is 22.5 Å². The van der Waals surface area contributed by atoms with Crippen LogP contribution in [-0.4, -0.2) is 65.1 Å². The van der Waals surface area contributed by atoms with Crippen LogP contribution in [-0.2, 0) is 11.8 Å². The molecule has 2 aliphatic rings. The molecule has 2 aliphatic heterocycles. The summed E-state index contributed by atoms with van der Waals surface area (Å²) in [6.07, 6.45) is 4.13. The van der Waals surface area contributed by atoms with Gasteiger partial charge in [-0.3, -0.25) is 4.68 Å². The SMILES string of the molecule is CC[C@@H]1CCN(C(=O)Nc2ccc(C)c(-c3cc(-c4ccn(C)n4)nc(N4CCOCC4)c3)c2)C1. The number of aryl methyl sites for hydroxylation is 2. The van der Waals surface area contributed by atoms with Crippen LogP contribution in [0.3, 0.4) is 0 Å². The Morgan fingerprint density at radius 3 is 2.66 bits per heavy atom. The molecule has 2 fully saturated rings. The summed E-state index contributed by atoms with van der Waals surface area (Å²) in [7, 11) is 1.91. The first-order chi connectivity index (χ1) is 17.0. The molecule has 1 aromatic carbocycles. The zero-order chi connectivity index (χ0) is 24.4. The molecule has 35 heavy (non-hydrogen) atoms. The van der Waals surface area contributed by atoms with E-state index >= 15 is 0 Å². The van der Waals surface area contributed by atoms with Crippen molar-refractivity contribution in [2.24, 2.45) is 13.0 Å². The van der Waals surface area contributed by atoms with Gasteiger partial charge < -0.3 is 19.9 Å². The molecule has 0 unspecified atom stereocenters. The topological polar surface area (TPSA) is 75.5 Å². The Kier molecular flexibility index (Phi) is 6.72. The molecule has 8 nitrogen and oxygen atoms in total. The van der Waals surface area contributed by atoms with Gasteiger partial charge in [0.15, 0.2) is 0 Å². The van der Waals surface area contributed by atoms with Gasteiger partial charge in [-0.2, -0.15) is 5.10 Å². The second-order valence-electron chi connectivity index (χ2n) is 9.54. The number of morpholine rings is 1. The van der Waals surface area contributed by atoms with Gasteiger partial charge in [0, 0.05) is 45.1 Å². The van der Waals surface area contributed by atoms with Gasteiger partial charge in [0.1, 0.15) is 11.5 Å². The number of amides is 2. The maximum Gasteiger partial charge on any atom is 0.321 e. The molecule has 2 aromatic heterocycles. The lowest BCUT2D eigenvalue weighted by atomic mass is 9.99. The molecule has 4 heterocycles. The molecule has 0 radical (unpaired) electrons. The fourth-order valence-electron chi connectivity index (χ4n) is 4.87. The number of carbonyl (C=O) groups is 1. The maximum atomic E-state index is 12.9. The molecule has 2 saturated heterocycles. The highest BCUT2D eigenvalue weighted by molar-refractivity contribution is 5.91. The van der Waals surface area contributed by atoms with Crippen LogP contribution in [0, 0.1) is 12.8 Å². The van der Waals surface area contributed by atoms with Crippen LogP contribution in [0.5, 0.6) is 0 Å². The van der Waals surface area contributed by atoms with E-state index in [4.69, 9.17) is 9.72 Å². The van der Waals surface area contributed by atoms with Crippen molar-refractivity contribution >= 4 is 17.5 Å². The van der Waals surface area contributed by atoms with E-state index in [9.17, 15) is 4.79 Å². The number of pyridine rings is 1. The summed E-state index contributed by atoms with van der Waals surface area (Å²) in [5.74, 6) is 1.53. The third-order valence-electron chi connectivity index (χ3n) is 7.07. The van der Waals surface area contributed by atoms with Crippen LogP contribution in [0.1, 0.15) is 25.3 Å². The van der Waals surface area contributed by atoms with E-state index in [2.05, 4.69) is 53.4 Å². The van der Waals surface area contributed by atoms with Crippen LogP contribution in [0.25, 0.3) is 22.5 Å². The number of anilines is 2. The number of likely N-dealkylation sites (tertiary alicyclic amines) is 1. The number of hydrogen-bond acceptors (Lipinski definition) is 5. The van der Waals surface area contributed by atoms with Gasteiger partial charge in [0.25, 0.3) is 0 Å². The Morgan fingerprint density at radius 1 is 1.11 bits per heavy atom. The zero-order valence-electron chi connectivity index (χ0n) is 20.8. The number of hydrogen-bond donors (Lipinski definition) is 1. The van der Waals surface area contributed by atoms with Crippen LogP contribution >= 0.6 is 0 Å². The van der Waals surface area contributed by atoms with Gasteiger partial charge in [-0.05, 0) is 66.3 Å². The van der Waals surface area contributed by atoms with E-state index < -0.39 is 0 Å². The quantitative estimate of drug-likeness (QED) is 0.587. The standard InChI is InChI=1S/C27H34N6O2/c1-4-20-7-10-33(18-20)27(34)28-22-6-5-19(2)23(17-22)21-15-25(24-8-9-31(3)30-24)29-26(16-21)32-11-13-35-14-12-32/h5-6,8-9,15-17,20H,4,7,10-14,18H2,1-3H3,(H,28,34)/t20-/m1/s1. The first-order valence-electron chi connectivity index (χ1n) is 12.5. The normalized spacial score (nSPS) is 18.2. The minimum absolute atomic E-state index is 0.0198. The van der Waals surface area contributed by atoms with Crippen molar-refractivity contribution in [3.63, 3.8) is 0 Å². The molecule has 1 atom stereocenters. The van der Waals surface area contributed by atoms with E-state index in [-0.39, 0.29) is 6.03 Å². The zero-order valence-corrected chi connectivity index (χ0v) is 20.8. The Labute approximate surface area is 206 Å². The van der Waals surface area contributed by atoms with Gasteiger partial charge in [-0.1, -0.05) is 19.4 Å². The first-order valence-corrected chi connectivity index (χ1v) is 12.5. The van der Waals surface area contributed by atoms with Crippen molar-refractivity contribution in [2.75, 3.05) is 49.6 Å². The van der Waals surface area contributed by atoms with E-state index in [1.807, 2.05) is 30.3 Å². The highest BCUT2D eigenvalue weighted by atomic mass is 16.5. The van der Waals surface area contributed by atoms with E-state index in [1.165, 1.54) is 0 Å². The molecule has 8 heteroatoms. The average molecular weight is 475 g/mol. The molecule has 5 rings (SSSR count). The molecule has 1 N–H and O–H groups in total. The number of benzene rings is 1. The summed E-state index contributed by atoms with van der Waals surface area (Å²) in [5.41, 5.74) is 5.75. The van der Waals surface area contributed by atoms with Crippen LogP contribution < -0.4 is 10.2 Å². The molecule has 0 bridgehead atoms. The number of nitrogens with one attached hydrogen (secondary N) is 1. The molecule has 0 saturated carbocycles. The molecule has 3 aromatic rings. The van der Waals surface area contributed by atoms with Gasteiger partial charge in [0.2, 0.25) is 0 Å². The lowest BCUT2D eigenvalue weighted by molar-refractivity contribution is 0.122. The van der Waals surface area contributed by atoms with E-state index in [0.717, 1.165) is 78.6 Å². The lowest BCUT2D eigenvalue weighted by Gasteiger charge is -2.28. The summed E-state index contributed by atoms with van der Waals surface area (Å²) in [5, 5.41) is 7.71.